The summed E-state index contributed by atoms with van der Waals surface area (Å²) in [7, 11) is 0. The Morgan fingerprint density at radius 3 is 2.41 bits per heavy atom. The number of aryl methyl sites for hydroxylation is 2. The predicted octanol–water partition coefficient (Wildman–Crippen LogP) is 4.15. The minimum atomic E-state index is -0.578. The van der Waals surface area contributed by atoms with Gasteiger partial charge in [-0.25, -0.2) is 0 Å². The van der Waals surface area contributed by atoms with Gasteiger partial charge in [0.05, 0.1) is 0 Å². The Kier molecular flexibility index (Phi) is 3.65. The average molecular weight is 291 g/mol. The quantitative estimate of drug-likeness (QED) is 0.881. The van der Waals surface area contributed by atoms with Gasteiger partial charge in [-0.2, -0.15) is 0 Å². The lowest BCUT2D eigenvalue weighted by Crippen LogP contribution is -2.03. The second-order valence-corrected chi connectivity index (χ2v) is 5.14. The number of hydrogen-bond donors (Lipinski definition) is 1. The second kappa shape index (κ2) is 5.03. The maximum absolute atomic E-state index is 10.4. The maximum atomic E-state index is 10.4. The summed E-state index contributed by atoms with van der Waals surface area (Å²) in [5.41, 5.74) is 4.15. The molecule has 0 fully saturated rings. The molecule has 88 valence electrons. The molecular weight excluding hydrogens is 276 g/mol. The minimum Gasteiger partial charge on any atom is -0.384 e. The molecule has 0 spiro atoms. The van der Waals surface area contributed by atoms with Crippen molar-refractivity contribution >= 4 is 15.9 Å². The van der Waals surface area contributed by atoms with Crippen LogP contribution >= 0.6 is 15.9 Å². The first kappa shape index (κ1) is 12.3. The first-order chi connectivity index (χ1) is 8.09. The van der Waals surface area contributed by atoms with Crippen molar-refractivity contribution in [3.05, 3.63) is 69.2 Å². The van der Waals surface area contributed by atoms with Crippen molar-refractivity contribution in [2.75, 3.05) is 0 Å². The van der Waals surface area contributed by atoms with Crippen molar-refractivity contribution < 1.29 is 5.11 Å². The van der Waals surface area contributed by atoms with E-state index in [9.17, 15) is 5.11 Å². The highest BCUT2D eigenvalue weighted by Crippen LogP contribution is 2.30. The Balaban J connectivity index is 2.47. The van der Waals surface area contributed by atoms with Gasteiger partial charge >= 0.3 is 0 Å². The summed E-state index contributed by atoms with van der Waals surface area (Å²) in [4.78, 5) is 0. The first-order valence-electron chi connectivity index (χ1n) is 5.59. The number of aliphatic hydroxyl groups excluding tert-OH is 1. The molecule has 1 nitrogen and oxygen atoms in total. The van der Waals surface area contributed by atoms with Crippen molar-refractivity contribution in [3.63, 3.8) is 0 Å². The van der Waals surface area contributed by atoms with Crippen LogP contribution in [-0.4, -0.2) is 5.11 Å². The van der Waals surface area contributed by atoms with E-state index in [1.807, 2.05) is 50.2 Å². The van der Waals surface area contributed by atoms with E-state index >= 15 is 0 Å². The molecule has 0 aromatic heterocycles. The van der Waals surface area contributed by atoms with Crippen LogP contribution in [0.2, 0.25) is 0 Å². The van der Waals surface area contributed by atoms with Crippen molar-refractivity contribution in [3.8, 4) is 0 Å². The van der Waals surface area contributed by atoms with Crippen molar-refractivity contribution in [2.24, 2.45) is 0 Å². The summed E-state index contributed by atoms with van der Waals surface area (Å²) in [6.07, 6.45) is -0.578. The maximum Gasteiger partial charge on any atom is 0.105 e. The normalized spacial score (nSPS) is 12.5. The number of hydrogen-bond acceptors (Lipinski definition) is 1. The number of aliphatic hydroxyl groups is 1. The van der Waals surface area contributed by atoms with Gasteiger partial charge in [0, 0.05) is 4.47 Å². The highest BCUT2D eigenvalue weighted by molar-refractivity contribution is 9.10. The fourth-order valence-electron chi connectivity index (χ4n) is 1.92. The van der Waals surface area contributed by atoms with Crippen molar-refractivity contribution in [2.45, 2.75) is 20.0 Å². The largest absolute Gasteiger partial charge is 0.384 e. The molecule has 2 aromatic rings. The second-order valence-electron chi connectivity index (χ2n) is 4.28. The molecule has 1 atom stereocenters. The van der Waals surface area contributed by atoms with E-state index in [-0.39, 0.29) is 0 Å². The third-order valence-corrected chi connectivity index (χ3v) is 3.65. The van der Waals surface area contributed by atoms with Crippen LogP contribution in [0.5, 0.6) is 0 Å². The number of rotatable bonds is 2. The molecule has 2 rings (SSSR count). The summed E-state index contributed by atoms with van der Waals surface area (Å²) in [6, 6.07) is 13.9. The van der Waals surface area contributed by atoms with Crippen LogP contribution in [0.25, 0.3) is 0 Å². The Morgan fingerprint density at radius 1 is 1.00 bits per heavy atom. The molecule has 0 saturated heterocycles. The molecule has 0 aliphatic carbocycles. The van der Waals surface area contributed by atoms with Crippen LogP contribution < -0.4 is 0 Å². The topological polar surface area (TPSA) is 20.2 Å². The highest BCUT2D eigenvalue weighted by atomic mass is 79.9. The van der Waals surface area contributed by atoms with Crippen molar-refractivity contribution in [1.29, 1.82) is 0 Å². The van der Waals surface area contributed by atoms with Crippen LogP contribution in [0.3, 0.4) is 0 Å². The summed E-state index contributed by atoms with van der Waals surface area (Å²) in [5, 5.41) is 10.4. The molecule has 0 aliphatic rings. The van der Waals surface area contributed by atoms with Crippen LogP contribution in [0.15, 0.2) is 46.9 Å². The zero-order valence-electron chi connectivity index (χ0n) is 9.94. The van der Waals surface area contributed by atoms with E-state index in [1.54, 1.807) is 0 Å². The van der Waals surface area contributed by atoms with Gasteiger partial charge in [0.1, 0.15) is 6.10 Å². The molecule has 0 heterocycles. The van der Waals surface area contributed by atoms with Gasteiger partial charge < -0.3 is 5.11 Å². The van der Waals surface area contributed by atoms with E-state index in [1.165, 1.54) is 0 Å². The van der Waals surface area contributed by atoms with Gasteiger partial charge in [-0.15, -0.1) is 0 Å². The van der Waals surface area contributed by atoms with Gasteiger partial charge in [-0.05, 0) is 36.6 Å². The fourth-order valence-corrected chi connectivity index (χ4v) is 2.42. The van der Waals surface area contributed by atoms with Gasteiger partial charge in [0.2, 0.25) is 0 Å². The standard InChI is InChI=1S/C15H15BrO/c1-10-7-8-11(2)13(9-10)15(17)12-5-3-4-6-14(12)16/h3-9,15,17H,1-2H3. The number of halogens is 1. The van der Waals surface area contributed by atoms with Crippen LogP contribution in [0.4, 0.5) is 0 Å². The highest BCUT2D eigenvalue weighted by Gasteiger charge is 2.15. The van der Waals surface area contributed by atoms with Gasteiger partial charge in [0.15, 0.2) is 0 Å². The molecule has 1 N–H and O–H groups in total. The smallest absolute Gasteiger partial charge is 0.105 e. The lowest BCUT2D eigenvalue weighted by molar-refractivity contribution is 0.218. The summed E-state index contributed by atoms with van der Waals surface area (Å²) in [6.45, 7) is 4.06. The third-order valence-electron chi connectivity index (χ3n) is 2.93. The molecule has 2 aromatic carbocycles. The van der Waals surface area contributed by atoms with Gasteiger partial charge in [-0.3, -0.25) is 0 Å². The van der Waals surface area contributed by atoms with Gasteiger partial charge in [-0.1, -0.05) is 57.9 Å². The Hall–Kier alpha value is -1.12. The monoisotopic (exact) mass is 290 g/mol. The van der Waals surface area contributed by atoms with E-state index in [0.29, 0.717) is 0 Å². The molecular formula is C15H15BrO. The lowest BCUT2D eigenvalue weighted by atomic mass is 9.96. The number of benzene rings is 2. The van der Waals surface area contributed by atoms with Crippen molar-refractivity contribution in [1.82, 2.24) is 0 Å². The molecule has 0 bridgehead atoms. The molecule has 0 radical (unpaired) electrons. The molecule has 1 unspecified atom stereocenters. The first-order valence-corrected chi connectivity index (χ1v) is 6.38. The zero-order chi connectivity index (χ0) is 12.4. The Morgan fingerprint density at radius 2 is 1.71 bits per heavy atom. The minimum absolute atomic E-state index is 0.578. The summed E-state index contributed by atoms with van der Waals surface area (Å²) in [5.74, 6) is 0. The SMILES string of the molecule is Cc1ccc(C)c(C(O)c2ccccc2Br)c1. The Labute approximate surface area is 110 Å². The van der Waals surface area contributed by atoms with E-state index < -0.39 is 6.10 Å². The van der Waals surface area contributed by atoms with Crippen LogP contribution in [0.1, 0.15) is 28.4 Å². The third kappa shape index (κ3) is 2.59. The molecule has 0 saturated carbocycles. The fraction of sp³-hybridized carbons (Fsp3) is 0.200. The predicted molar refractivity (Wildman–Crippen MR) is 74.1 cm³/mol. The Bertz CT molecular complexity index is 534. The molecule has 0 amide bonds. The summed E-state index contributed by atoms with van der Waals surface area (Å²) >= 11 is 3.48. The van der Waals surface area contributed by atoms with Crippen LogP contribution in [-0.2, 0) is 0 Å². The van der Waals surface area contributed by atoms with Gasteiger partial charge in [0.25, 0.3) is 0 Å². The van der Waals surface area contributed by atoms with E-state index in [0.717, 1.165) is 26.7 Å². The average Bonchev–Trinajstić information content (AvgIpc) is 2.32. The molecule has 0 aliphatic heterocycles. The van der Waals surface area contributed by atoms with E-state index in [2.05, 4.69) is 22.0 Å². The molecule has 17 heavy (non-hydrogen) atoms. The van der Waals surface area contributed by atoms with E-state index in [4.69, 9.17) is 0 Å². The van der Waals surface area contributed by atoms with Crippen LogP contribution in [0, 0.1) is 13.8 Å². The summed E-state index contributed by atoms with van der Waals surface area (Å²) < 4.78 is 0.938. The lowest BCUT2D eigenvalue weighted by Gasteiger charge is -2.16. The zero-order valence-corrected chi connectivity index (χ0v) is 11.5. The molecule has 2 heteroatoms.